The third-order valence-electron chi connectivity index (χ3n) is 5.61. The van der Waals surface area contributed by atoms with E-state index in [1.165, 1.54) is 25.7 Å². The normalized spacial score (nSPS) is 21.5. The molecule has 0 aromatic rings. The van der Waals surface area contributed by atoms with E-state index in [0.717, 1.165) is 50.9 Å². The van der Waals surface area contributed by atoms with Gasteiger partial charge in [-0.25, -0.2) is 0 Å². The third-order valence-corrected chi connectivity index (χ3v) is 5.61. The van der Waals surface area contributed by atoms with Crippen molar-refractivity contribution in [2.24, 2.45) is 17.8 Å². The summed E-state index contributed by atoms with van der Waals surface area (Å²) in [6.07, 6.45) is 13.1. The van der Waals surface area contributed by atoms with Gasteiger partial charge in [0.25, 0.3) is 0 Å². The van der Waals surface area contributed by atoms with Crippen molar-refractivity contribution >= 4 is 11.9 Å². The fourth-order valence-corrected chi connectivity index (χ4v) is 3.93. The van der Waals surface area contributed by atoms with Gasteiger partial charge >= 0.3 is 11.9 Å². The number of carboxylic acid groups (broad SMARTS) is 1. The molecule has 152 valence electrons. The molecule has 26 heavy (non-hydrogen) atoms. The summed E-state index contributed by atoms with van der Waals surface area (Å²) in [5, 5.41) is 9.39. The van der Waals surface area contributed by atoms with Crippen molar-refractivity contribution in [2.75, 3.05) is 0 Å². The predicted octanol–water partition coefficient (Wildman–Crippen LogP) is 5.98. The van der Waals surface area contributed by atoms with Gasteiger partial charge in [0, 0.05) is 0 Å². The Labute approximate surface area is 160 Å². The lowest BCUT2D eigenvalue weighted by Gasteiger charge is -2.28. The summed E-state index contributed by atoms with van der Waals surface area (Å²) in [5.74, 6) is -1.35. The van der Waals surface area contributed by atoms with Crippen LogP contribution in [0, 0.1) is 17.8 Å². The molecule has 1 aliphatic rings. The highest BCUT2D eigenvalue weighted by Gasteiger charge is 2.37. The number of esters is 1. The predicted molar refractivity (Wildman–Crippen MR) is 105 cm³/mol. The second-order valence-corrected chi connectivity index (χ2v) is 8.42. The van der Waals surface area contributed by atoms with E-state index in [2.05, 4.69) is 20.8 Å². The Morgan fingerprint density at radius 1 is 0.923 bits per heavy atom. The van der Waals surface area contributed by atoms with Gasteiger partial charge in [-0.05, 0) is 38.0 Å². The van der Waals surface area contributed by atoms with Crippen LogP contribution in [0.3, 0.4) is 0 Å². The molecule has 1 saturated carbocycles. The highest BCUT2D eigenvalue weighted by molar-refractivity contribution is 5.81. The van der Waals surface area contributed by atoms with Crippen LogP contribution in [0.15, 0.2) is 0 Å². The quantitative estimate of drug-likeness (QED) is 0.321. The van der Waals surface area contributed by atoms with Crippen LogP contribution >= 0.6 is 0 Å². The van der Waals surface area contributed by atoms with E-state index in [4.69, 9.17) is 4.74 Å². The Morgan fingerprint density at radius 2 is 1.50 bits per heavy atom. The first-order valence-electron chi connectivity index (χ1n) is 10.9. The molecule has 1 N–H and O–H groups in total. The van der Waals surface area contributed by atoms with Gasteiger partial charge in [0.1, 0.15) is 6.10 Å². The molecule has 0 aromatic heterocycles. The molecule has 0 saturated heterocycles. The van der Waals surface area contributed by atoms with Crippen LogP contribution in [0.2, 0.25) is 0 Å². The molecule has 4 heteroatoms. The van der Waals surface area contributed by atoms with Crippen LogP contribution in [0.4, 0.5) is 0 Å². The van der Waals surface area contributed by atoms with Crippen LogP contribution in [-0.4, -0.2) is 23.1 Å². The maximum Gasteiger partial charge on any atom is 0.310 e. The maximum absolute atomic E-state index is 12.6. The molecule has 0 aliphatic heterocycles. The van der Waals surface area contributed by atoms with Crippen LogP contribution in [0.25, 0.3) is 0 Å². The standard InChI is InChI=1S/C22H40O4/c1-4-5-13-18(14-9-7-6-8-12-17(2)3)26-22(25)20-16-11-10-15-19(20)21(23)24/h17-20H,4-16H2,1-3H3,(H,23,24). The first-order chi connectivity index (χ1) is 12.5. The molecule has 1 aliphatic carbocycles. The maximum atomic E-state index is 12.6. The molecule has 0 radical (unpaired) electrons. The van der Waals surface area contributed by atoms with Crippen molar-refractivity contribution in [3.8, 4) is 0 Å². The van der Waals surface area contributed by atoms with E-state index in [-0.39, 0.29) is 12.1 Å². The van der Waals surface area contributed by atoms with Gasteiger partial charge < -0.3 is 9.84 Å². The van der Waals surface area contributed by atoms with Gasteiger partial charge in [0.2, 0.25) is 0 Å². The molecule has 1 fully saturated rings. The molecule has 4 nitrogen and oxygen atoms in total. The molecule has 0 aromatic carbocycles. The summed E-state index contributed by atoms with van der Waals surface area (Å²) in [4.78, 5) is 24.1. The molecule has 3 atom stereocenters. The van der Waals surface area contributed by atoms with Crippen molar-refractivity contribution in [1.29, 1.82) is 0 Å². The first-order valence-corrected chi connectivity index (χ1v) is 10.9. The van der Waals surface area contributed by atoms with Crippen molar-refractivity contribution in [2.45, 2.75) is 110 Å². The Morgan fingerprint density at radius 3 is 2.08 bits per heavy atom. The van der Waals surface area contributed by atoms with Gasteiger partial charge in [-0.15, -0.1) is 0 Å². The molecular formula is C22H40O4. The Kier molecular flexibility index (Phi) is 11.6. The number of carbonyl (C=O) groups is 2. The van der Waals surface area contributed by atoms with E-state index in [1.807, 2.05) is 0 Å². The second kappa shape index (κ2) is 13.2. The van der Waals surface area contributed by atoms with Crippen LogP contribution < -0.4 is 0 Å². The monoisotopic (exact) mass is 368 g/mol. The third kappa shape index (κ3) is 9.05. The Hall–Kier alpha value is -1.06. The number of hydrogen-bond acceptors (Lipinski definition) is 3. The average Bonchev–Trinajstić information content (AvgIpc) is 2.61. The van der Waals surface area contributed by atoms with Crippen LogP contribution in [-0.2, 0) is 14.3 Å². The second-order valence-electron chi connectivity index (χ2n) is 8.42. The number of hydrogen-bond donors (Lipinski definition) is 1. The van der Waals surface area contributed by atoms with E-state index in [1.54, 1.807) is 0 Å². The molecule has 0 heterocycles. The molecule has 0 amide bonds. The number of rotatable bonds is 13. The van der Waals surface area contributed by atoms with Gasteiger partial charge in [0.05, 0.1) is 11.8 Å². The fraction of sp³-hybridized carbons (Fsp3) is 0.909. The zero-order chi connectivity index (χ0) is 19.4. The fourth-order valence-electron chi connectivity index (χ4n) is 3.93. The lowest BCUT2D eigenvalue weighted by Crippen LogP contribution is -2.35. The summed E-state index contributed by atoms with van der Waals surface area (Å²) in [6, 6.07) is 0. The summed E-state index contributed by atoms with van der Waals surface area (Å²) in [6.45, 7) is 6.66. The van der Waals surface area contributed by atoms with Gasteiger partial charge in [-0.2, -0.15) is 0 Å². The van der Waals surface area contributed by atoms with Crippen LogP contribution in [0.5, 0.6) is 0 Å². The minimum atomic E-state index is -0.845. The number of ether oxygens (including phenoxy) is 1. The van der Waals surface area contributed by atoms with Crippen molar-refractivity contribution in [3.05, 3.63) is 0 Å². The number of carboxylic acids is 1. The molecule has 0 bridgehead atoms. The van der Waals surface area contributed by atoms with E-state index in [9.17, 15) is 14.7 Å². The zero-order valence-electron chi connectivity index (χ0n) is 17.2. The largest absolute Gasteiger partial charge is 0.481 e. The highest BCUT2D eigenvalue weighted by Crippen LogP contribution is 2.32. The first kappa shape index (κ1) is 23.0. The lowest BCUT2D eigenvalue weighted by atomic mass is 9.79. The van der Waals surface area contributed by atoms with Crippen LogP contribution in [0.1, 0.15) is 104 Å². The minimum absolute atomic E-state index is 0.0380. The summed E-state index contributed by atoms with van der Waals surface area (Å²) >= 11 is 0. The Balaban J connectivity index is 2.43. The van der Waals surface area contributed by atoms with Crippen molar-refractivity contribution in [1.82, 2.24) is 0 Å². The number of carbonyl (C=O) groups excluding carboxylic acids is 1. The summed E-state index contributed by atoms with van der Waals surface area (Å²) in [5.41, 5.74) is 0. The SMILES string of the molecule is CCCCC(CCCCCCC(C)C)OC(=O)C1CCCCC1C(=O)O. The van der Waals surface area contributed by atoms with Gasteiger partial charge in [0.15, 0.2) is 0 Å². The zero-order valence-corrected chi connectivity index (χ0v) is 17.2. The van der Waals surface area contributed by atoms with Gasteiger partial charge in [-0.1, -0.05) is 72.1 Å². The number of aliphatic carboxylic acids is 1. The summed E-state index contributed by atoms with van der Waals surface area (Å²) in [7, 11) is 0. The lowest BCUT2D eigenvalue weighted by molar-refractivity contribution is -0.164. The average molecular weight is 369 g/mol. The smallest absolute Gasteiger partial charge is 0.310 e. The topological polar surface area (TPSA) is 63.6 Å². The highest BCUT2D eigenvalue weighted by atomic mass is 16.5. The molecular weight excluding hydrogens is 328 g/mol. The minimum Gasteiger partial charge on any atom is -0.481 e. The van der Waals surface area contributed by atoms with E-state index in [0.29, 0.717) is 12.8 Å². The molecule has 1 rings (SSSR count). The number of unbranched alkanes of at least 4 members (excludes halogenated alkanes) is 4. The molecule has 3 unspecified atom stereocenters. The van der Waals surface area contributed by atoms with E-state index < -0.39 is 17.8 Å². The molecule has 0 spiro atoms. The Bertz CT molecular complexity index is 405. The van der Waals surface area contributed by atoms with Gasteiger partial charge in [-0.3, -0.25) is 9.59 Å². The van der Waals surface area contributed by atoms with E-state index >= 15 is 0 Å². The summed E-state index contributed by atoms with van der Waals surface area (Å²) < 4.78 is 5.81. The van der Waals surface area contributed by atoms with Crippen molar-refractivity contribution in [3.63, 3.8) is 0 Å². The van der Waals surface area contributed by atoms with Crippen molar-refractivity contribution < 1.29 is 19.4 Å².